The van der Waals surface area contributed by atoms with Crippen molar-refractivity contribution in [1.29, 1.82) is 0 Å². The lowest BCUT2D eigenvalue weighted by atomic mass is 9.92. The lowest BCUT2D eigenvalue weighted by molar-refractivity contribution is 0.468. The highest BCUT2D eigenvalue weighted by atomic mass is 35.5. The minimum atomic E-state index is 0. The zero-order valence-electron chi connectivity index (χ0n) is 22.8. The Kier molecular flexibility index (Phi) is 12.6. The fourth-order valence-electron chi connectivity index (χ4n) is 5.58. The van der Waals surface area contributed by atoms with E-state index in [-0.39, 0.29) is 24.8 Å². The fraction of sp³-hybridized carbons (Fsp3) is 0.438. The third-order valence-electron chi connectivity index (χ3n) is 7.65. The highest BCUT2D eigenvalue weighted by Crippen LogP contribution is 2.33. The summed E-state index contributed by atoms with van der Waals surface area (Å²) < 4.78 is 0. The Labute approximate surface area is 245 Å². The highest BCUT2D eigenvalue weighted by molar-refractivity contribution is 5.93. The Morgan fingerprint density at radius 3 is 2.36 bits per heavy atom. The molecule has 0 saturated heterocycles. The van der Waals surface area contributed by atoms with Crippen LogP contribution in [0, 0.1) is 0 Å². The van der Waals surface area contributed by atoms with Gasteiger partial charge in [0.25, 0.3) is 0 Å². The first-order valence-corrected chi connectivity index (χ1v) is 14.2. The van der Waals surface area contributed by atoms with Crippen LogP contribution in [0.1, 0.15) is 74.6 Å². The van der Waals surface area contributed by atoms with E-state index in [0.717, 1.165) is 42.4 Å². The van der Waals surface area contributed by atoms with Gasteiger partial charge in [-0.3, -0.25) is 9.97 Å². The molecular formula is C32H42Cl2N4O. The summed E-state index contributed by atoms with van der Waals surface area (Å²) >= 11 is 0. The zero-order chi connectivity index (χ0) is 25.3. The number of aromatic hydroxyl groups is 1. The molecule has 0 spiro atoms. The molecule has 2 aromatic heterocycles. The van der Waals surface area contributed by atoms with Crippen LogP contribution in [0.15, 0.2) is 54.7 Å². The van der Waals surface area contributed by atoms with Crippen LogP contribution in [0.4, 0.5) is 5.69 Å². The number of para-hydroxylation sites is 1. The number of phenolic OH excluding ortho intramolecular Hbond substituents is 1. The number of benzene rings is 2. The molecule has 0 aliphatic heterocycles. The number of pyridine rings is 2. The number of fused-ring (bicyclic) bond motifs is 3. The van der Waals surface area contributed by atoms with E-state index in [4.69, 9.17) is 4.98 Å². The number of aryl methyl sites for hydroxylation is 1. The molecule has 0 amide bonds. The predicted octanol–water partition coefficient (Wildman–Crippen LogP) is 8.14. The van der Waals surface area contributed by atoms with E-state index in [1.807, 2.05) is 24.3 Å². The van der Waals surface area contributed by atoms with Gasteiger partial charge in [-0.15, -0.1) is 24.8 Å². The number of rotatable bonds is 13. The molecule has 5 rings (SSSR count). The Balaban J connectivity index is 0.00000210. The van der Waals surface area contributed by atoms with Crippen molar-refractivity contribution < 1.29 is 5.11 Å². The second kappa shape index (κ2) is 15.9. The van der Waals surface area contributed by atoms with Crippen molar-refractivity contribution in [1.82, 2.24) is 15.3 Å². The lowest BCUT2D eigenvalue weighted by Crippen LogP contribution is -2.14. The third-order valence-corrected chi connectivity index (χ3v) is 7.65. The van der Waals surface area contributed by atoms with Crippen molar-refractivity contribution >= 4 is 52.3 Å². The molecule has 0 atom stereocenters. The minimum Gasteiger partial charge on any atom is -0.505 e. The van der Waals surface area contributed by atoms with Gasteiger partial charge < -0.3 is 15.7 Å². The lowest BCUT2D eigenvalue weighted by Gasteiger charge is -2.21. The van der Waals surface area contributed by atoms with Gasteiger partial charge in [-0.25, -0.2) is 0 Å². The smallest absolute Gasteiger partial charge is 0.146 e. The van der Waals surface area contributed by atoms with Crippen molar-refractivity contribution in [2.75, 3.05) is 18.4 Å². The van der Waals surface area contributed by atoms with Crippen LogP contribution in [-0.4, -0.2) is 28.2 Å². The normalized spacial score (nSPS) is 12.5. The van der Waals surface area contributed by atoms with Crippen LogP contribution >= 0.6 is 24.8 Å². The third kappa shape index (κ3) is 7.97. The number of nitrogens with zero attached hydrogens (tertiary/aromatic N) is 2. The SMILES string of the molecule is Cl.Cl.Oc1c(CNCCCCCCCCCNc2c3c(nc4ccccc24)CCCC3)ccc2cccnc12. The number of hydrogen-bond donors (Lipinski definition) is 3. The molecule has 1 aliphatic rings. The van der Waals surface area contributed by atoms with E-state index in [1.165, 1.54) is 80.1 Å². The van der Waals surface area contributed by atoms with E-state index >= 15 is 0 Å². The fourth-order valence-corrected chi connectivity index (χ4v) is 5.58. The number of anilines is 1. The first kappa shape index (κ1) is 30.9. The topological polar surface area (TPSA) is 70.1 Å². The molecular weight excluding hydrogens is 527 g/mol. The number of nitrogens with one attached hydrogen (secondary N) is 2. The summed E-state index contributed by atoms with van der Waals surface area (Å²) in [5, 5.41) is 20.0. The van der Waals surface area contributed by atoms with Gasteiger partial charge in [-0.05, 0) is 62.8 Å². The van der Waals surface area contributed by atoms with E-state index in [2.05, 4.69) is 39.9 Å². The van der Waals surface area contributed by atoms with Crippen LogP contribution in [0.2, 0.25) is 0 Å². The van der Waals surface area contributed by atoms with Gasteiger partial charge in [-0.2, -0.15) is 0 Å². The minimum absolute atomic E-state index is 0. The number of phenols is 1. The highest BCUT2D eigenvalue weighted by Gasteiger charge is 2.17. The molecule has 1 aliphatic carbocycles. The molecule has 2 aromatic carbocycles. The summed E-state index contributed by atoms with van der Waals surface area (Å²) in [6, 6.07) is 16.5. The first-order valence-electron chi connectivity index (χ1n) is 14.2. The summed E-state index contributed by atoms with van der Waals surface area (Å²) in [5.41, 5.74) is 6.86. The maximum atomic E-state index is 10.5. The molecule has 0 fully saturated rings. The maximum absolute atomic E-state index is 10.5. The molecule has 0 unspecified atom stereocenters. The van der Waals surface area contributed by atoms with Crippen molar-refractivity contribution in [3.05, 3.63) is 71.5 Å². The molecule has 39 heavy (non-hydrogen) atoms. The van der Waals surface area contributed by atoms with E-state index in [9.17, 15) is 5.11 Å². The van der Waals surface area contributed by atoms with Gasteiger partial charge >= 0.3 is 0 Å². The van der Waals surface area contributed by atoms with E-state index in [1.54, 1.807) is 6.20 Å². The van der Waals surface area contributed by atoms with Gasteiger partial charge in [0.15, 0.2) is 0 Å². The van der Waals surface area contributed by atoms with Gasteiger partial charge in [-0.1, -0.05) is 68.5 Å². The van der Waals surface area contributed by atoms with Crippen LogP contribution in [0.3, 0.4) is 0 Å². The van der Waals surface area contributed by atoms with Gasteiger partial charge in [0, 0.05) is 47.0 Å². The van der Waals surface area contributed by atoms with Gasteiger partial charge in [0.1, 0.15) is 11.3 Å². The molecule has 0 bridgehead atoms. The van der Waals surface area contributed by atoms with Gasteiger partial charge in [0.2, 0.25) is 0 Å². The molecule has 0 radical (unpaired) electrons. The largest absolute Gasteiger partial charge is 0.505 e. The molecule has 0 saturated carbocycles. The molecule has 5 nitrogen and oxygen atoms in total. The molecule has 210 valence electrons. The van der Waals surface area contributed by atoms with Crippen molar-refractivity contribution in [3.8, 4) is 5.75 Å². The summed E-state index contributed by atoms with van der Waals surface area (Å²) in [5.74, 6) is 0.303. The van der Waals surface area contributed by atoms with E-state index < -0.39 is 0 Å². The number of hydrogen-bond acceptors (Lipinski definition) is 5. The van der Waals surface area contributed by atoms with Crippen molar-refractivity contribution in [3.63, 3.8) is 0 Å². The molecule has 2 heterocycles. The Bertz CT molecular complexity index is 1330. The Morgan fingerprint density at radius 2 is 1.51 bits per heavy atom. The van der Waals surface area contributed by atoms with Crippen LogP contribution in [-0.2, 0) is 19.4 Å². The van der Waals surface area contributed by atoms with Crippen molar-refractivity contribution in [2.45, 2.75) is 77.2 Å². The second-order valence-corrected chi connectivity index (χ2v) is 10.4. The molecule has 7 heteroatoms. The first-order chi connectivity index (χ1) is 18.3. The number of aromatic nitrogens is 2. The zero-order valence-corrected chi connectivity index (χ0v) is 24.4. The average molecular weight is 570 g/mol. The maximum Gasteiger partial charge on any atom is 0.146 e. The van der Waals surface area contributed by atoms with Gasteiger partial charge in [0.05, 0.1) is 5.52 Å². The monoisotopic (exact) mass is 568 g/mol. The summed E-state index contributed by atoms with van der Waals surface area (Å²) in [6.07, 6.45) is 15.4. The van der Waals surface area contributed by atoms with Crippen LogP contribution in [0.25, 0.3) is 21.8 Å². The summed E-state index contributed by atoms with van der Waals surface area (Å²) in [7, 11) is 0. The predicted molar refractivity (Wildman–Crippen MR) is 169 cm³/mol. The Hall–Kier alpha value is -2.60. The summed E-state index contributed by atoms with van der Waals surface area (Å²) in [4.78, 5) is 9.26. The Morgan fingerprint density at radius 1 is 0.769 bits per heavy atom. The standard InChI is InChI=1S/C32H40N4O.2ClH/c37-32-25(19-18-24-13-12-22-34-30(24)32)23-33-20-10-4-2-1-3-5-11-21-35-31-26-14-6-8-16-28(26)36-29-17-9-7-15-27(29)31;;/h6,8,12-14,16,18-19,22,33,37H,1-5,7,9-11,15,17,20-21,23H2,(H,35,36);2*1H. The van der Waals surface area contributed by atoms with Crippen LogP contribution < -0.4 is 10.6 Å². The second-order valence-electron chi connectivity index (χ2n) is 10.4. The van der Waals surface area contributed by atoms with Crippen LogP contribution in [0.5, 0.6) is 5.75 Å². The number of unbranched alkanes of at least 4 members (excludes halogenated alkanes) is 6. The quantitative estimate of drug-likeness (QED) is 0.142. The van der Waals surface area contributed by atoms with E-state index in [0.29, 0.717) is 17.8 Å². The summed E-state index contributed by atoms with van der Waals surface area (Å²) in [6.45, 7) is 2.71. The number of halogens is 2. The molecule has 3 N–H and O–H groups in total. The van der Waals surface area contributed by atoms with Crippen molar-refractivity contribution in [2.24, 2.45) is 0 Å². The molecule has 4 aromatic rings. The average Bonchev–Trinajstić information content (AvgIpc) is 2.94.